The van der Waals surface area contributed by atoms with Crippen LogP contribution in [0.3, 0.4) is 0 Å². The monoisotopic (exact) mass is 546 g/mol. The minimum atomic E-state index is -0.0213. The van der Waals surface area contributed by atoms with Crippen molar-refractivity contribution in [2.45, 2.75) is 0 Å². The summed E-state index contributed by atoms with van der Waals surface area (Å²) >= 11 is 0. The van der Waals surface area contributed by atoms with Crippen LogP contribution in [0.5, 0.6) is 0 Å². The number of furan rings is 2. The average molecular weight is 546 g/mol. The highest BCUT2D eigenvalue weighted by molar-refractivity contribution is 6.90. The first-order valence-corrected chi connectivity index (χ1v) is 14.8. The number of benzene rings is 6. The van der Waals surface area contributed by atoms with Crippen molar-refractivity contribution in [3.63, 3.8) is 0 Å². The molecular weight excluding hydrogens is 527 g/mol. The van der Waals surface area contributed by atoms with Gasteiger partial charge in [0.25, 0.3) is 0 Å². The molecule has 6 aromatic carbocycles. The predicted molar refractivity (Wildman–Crippen MR) is 177 cm³/mol. The van der Waals surface area contributed by atoms with Gasteiger partial charge in [-0.1, -0.05) is 72.8 Å². The minimum Gasteiger partial charge on any atom is -0.454 e. The second-order valence-electron chi connectivity index (χ2n) is 12.0. The van der Waals surface area contributed by atoms with Crippen LogP contribution in [0.1, 0.15) is 0 Å². The number of hydrogen-bond donors (Lipinski definition) is 0. The van der Waals surface area contributed by atoms with Crippen molar-refractivity contribution in [2.24, 2.45) is 0 Å². The highest BCUT2D eigenvalue weighted by Gasteiger charge is 2.43. The molecule has 12 rings (SSSR count). The second kappa shape index (κ2) is 6.85. The topological polar surface area (TPSA) is 36.1 Å². The molecule has 0 unspecified atom stereocenters. The fourth-order valence-corrected chi connectivity index (χ4v) is 8.54. The Morgan fingerprint density at radius 2 is 1.14 bits per heavy atom. The lowest BCUT2D eigenvalue weighted by Gasteiger charge is -2.34. The van der Waals surface area contributed by atoms with E-state index in [1.807, 2.05) is 0 Å². The van der Waals surface area contributed by atoms with Gasteiger partial charge in [0.2, 0.25) is 0 Å². The molecule has 0 N–H and O–H groups in total. The second-order valence-corrected chi connectivity index (χ2v) is 12.0. The van der Waals surface area contributed by atoms with Crippen LogP contribution in [0, 0.1) is 0 Å². The zero-order valence-corrected chi connectivity index (χ0v) is 22.8. The van der Waals surface area contributed by atoms with Gasteiger partial charge in [0.1, 0.15) is 16.7 Å². The predicted octanol–water partition coefficient (Wildman–Crippen LogP) is 8.49. The Labute approximate surface area is 244 Å². The summed E-state index contributed by atoms with van der Waals surface area (Å²) in [5.74, 6) is 0. The molecule has 43 heavy (non-hydrogen) atoms. The van der Waals surface area contributed by atoms with Gasteiger partial charge in [0.15, 0.2) is 11.2 Å². The third kappa shape index (κ3) is 2.20. The lowest BCUT2D eigenvalue weighted by molar-refractivity contribution is 0.672. The number of fused-ring (bicyclic) bond motifs is 16. The summed E-state index contributed by atoms with van der Waals surface area (Å²) < 4.78 is 18.3. The normalized spacial score (nSPS) is 13.5. The van der Waals surface area contributed by atoms with Gasteiger partial charge in [0, 0.05) is 38.3 Å². The maximum atomic E-state index is 6.64. The van der Waals surface area contributed by atoms with Crippen molar-refractivity contribution in [1.82, 2.24) is 9.05 Å². The van der Waals surface area contributed by atoms with E-state index in [2.05, 4.69) is 124 Å². The van der Waals surface area contributed by atoms with Crippen LogP contribution < -0.4 is 10.9 Å². The standard InChI is InChI=1S/C38H19BN2O2/c1-2-10-21-20(9-1)19-28-32-31(21)24-13-7-14-25-33(24)41(36-23-12-4-6-18-30(23)43-38(25)36)39(32)27-16-8-15-26-34(27)40(28)35-22-11-3-5-17-29(22)42-37(26)35/h1-19H. The summed E-state index contributed by atoms with van der Waals surface area (Å²) in [5, 5.41) is 7.13. The molecule has 10 aromatic rings. The first kappa shape index (κ1) is 21.1. The Morgan fingerprint density at radius 3 is 1.95 bits per heavy atom. The van der Waals surface area contributed by atoms with E-state index in [9.17, 15) is 0 Å². The molecule has 6 heterocycles. The highest BCUT2D eigenvalue weighted by atomic mass is 16.3. The van der Waals surface area contributed by atoms with Gasteiger partial charge in [-0.25, -0.2) is 0 Å². The average Bonchev–Trinajstić information content (AvgIpc) is 3.79. The van der Waals surface area contributed by atoms with Gasteiger partial charge in [-0.05, 0) is 69.7 Å². The van der Waals surface area contributed by atoms with Crippen molar-refractivity contribution in [2.75, 3.05) is 0 Å². The Morgan fingerprint density at radius 1 is 0.512 bits per heavy atom. The third-order valence-electron chi connectivity index (χ3n) is 10.1. The zero-order chi connectivity index (χ0) is 27.6. The van der Waals surface area contributed by atoms with Crippen LogP contribution in [-0.2, 0) is 0 Å². The van der Waals surface area contributed by atoms with Gasteiger partial charge >= 0.3 is 6.85 Å². The van der Waals surface area contributed by atoms with Crippen molar-refractivity contribution < 1.29 is 8.83 Å². The highest BCUT2D eigenvalue weighted by Crippen LogP contribution is 2.48. The van der Waals surface area contributed by atoms with E-state index in [1.165, 1.54) is 55.1 Å². The zero-order valence-electron chi connectivity index (χ0n) is 22.8. The van der Waals surface area contributed by atoms with Crippen LogP contribution in [0.4, 0.5) is 0 Å². The number of rotatable bonds is 0. The summed E-state index contributed by atoms with van der Waals surface area (Å²) in [5.41, 5.74) is 15.0. The Bertz CT molecular complexity index is 2910. The Hall–Kier alpha value is -5.68. The molecule has 0 bridgehead atoms. The fourth-order valence-electron chi connectivity index (χ4n) is 8.54. The van der Waals surface area contributed by atoms with Gasteiger partial charge in [0.05, 0.1) is 11.0 Å². The summed E-state index contributed by atoms with van der Waals surface area (Å²) in [6, 6.07) is 41.6. The molecule has 2 aliphatic rings. The number of para-hydroxylation sites is 4. The number of nitrogens with zero attached hydrogens (tertiary/aromatic N) is 2. The Balaban J connectivity index is 1.41. The first-order chi connectivity index (χ1) is 21.4. The van der Waals surface area contributed by atoms with E-state index in [4.69, 9.17) is 8.83 Å². The summed E-state index contributed by atoms with van der Waals surface area (Å²) in [6.07, 6.45) is 0. The van der Waals surface area contributed by atoms with Gasteiger partial charge in [-0.2, -0.15) is 0 Å². The molecule has 0 fully saturated rings. The fraction of sp³-hybridized carbons (Fsp3) is 0. The third-order valence-corrected chi connectivity index (χ3v) is 10.1. The summed E-state index contributed by atoms with van der Waals surface area (Å²) in [6.45, 7) is -0.0213. The van der Waals surface area contributed by atoms with E-state index >= 15 is 0 Å². The summed E-state index contributed by atoms with van der Waals surface area (Å²) in [4.78, 5) is 0. The molecule has 0 amide bonds. The molecule has 0 saturated carbocycles. The number of hydrogen-bond acceptors (Lipinski definition) is 2. The smallest absolute Gasteiger partial charge is 0.333 e. The van der Waals surface area contributed by atoms with Crippen molar-refractivity contribution in [3.8, 4) is 16.8 Å². The molecule has 196 valence electrons. The van der Waals surface area contributed by atoms with E-state index in [-0.39, 0.29) is 6.85 Å². The Kier molecular flexibility index (Phi) is 3.36. The van der Waals surface area contributed by atoms with Crippen LogP contribution in [0.2, 0.25) is 0 Å². The van der Waals surface area contributed by atoms with E-state index in [0.717, 1.165) is 49.4 Å². The summed E-state index contributed by atoms with van der Waals surface area (Å²) in [7, 11) is 0. The van der Waals surface area contributed by atoms with Gasteiger partial charge in [-0.3, -0.25) is 0 Å². The quantitative estimate of drug-likeness (QED) is 0.179. The SMILES string of the molecule is c1ccc2c3c4c(cc2c1)-n1c2c(cccc2c2oc5ccccc5c21)B4n1c2c-3cccc2c2oc3ccccc3c21. The molecule has 0 saturated heterocycles. The van der Waals surface area contributed by atoms with E-state index < -0.39 is 0 Å². The first-order valence-electron chi connectivity index (χ1n) is 14.8. The largest absolute Gasteiger partial charge is 0.454 e. The van der Waals surface area contributed by atoms with Crippen LogP contribution in [-0.4, -0.2) is 15.9 Å². The molecule has 0 radical (unpaired) electrons. The molecular formula is C38H19BN2O2. The molecule has 0 aliphatic carbocycles. The van der Waals surface area contributed by atoms with Crippen molar-refractivity contribution in [1.29, 1.82) is 0 Å². The maximum absolute atomic E-state index is 6.64. The molecule has 0 spiro atoms. The minimum absolute atomic E-state index is 0.0213. The lowest BCUT2D eigenvalue weighted by atomic mass is 9.45. The van der Waals surface area contributed by atoms with Crippen LogP contribution in [0.15, 0.2) is 124 Å². The van der Waals surface area contributed by atoms with Crippen molar-refractivity contribution in [3.05, 3.63) is 115 Å². The van der Waals surface area contributed by atoms with E-state index in [0.29, 0.717) is 0 Å². The van der Waals surface area contributed by atoms with Crippen molar-refractivity contribution >= 4 is 94.5 Å². The van der Waals surface area contributed by atoms with Gasteiger partial charge < -0.3 is 17.9 Å². The molecule has 2 aliphatic heterocycles. The molecule has 4 nitrogen and oxygen atoms in total. The molecule has 5 heteroatoms. The molecule has 0 atom stereocenters. The van der Waals surface area contributed by atoms with E-state index in [1.54, 1.807) is 0 Å². The van der Waals surface area contributed by atoms with Crippen LogP contribution >= 0.6 is 0 Å². The number of aromatic nitrogens is 2. The molecule has 4 aromatic heterocycles. The van der Waals surface area contributed by atoms with Crippen LogP contribution in [0.25, 0.3) is 93.5 Å². The lowest BCUT2D eigenvalue weighted by Crippen LogP contribution is -2.55. The maximum Gasteiger partial charge on any atom is 0.333 e. The van der Waals surface area contributed by atoms with Gasteiger partial charge in [-0.15, -0.1) is 0 Å².